The summed E-state index contributed by atoms with van der Waals surface area (Å²) in [5.41, 5.74) is 3.87. The van der Waals surface area contributed by atoms with Gasteiger partial charge < -0.3 is 15.3 Å². The second-order valence-electron chi connectivity index (χ2n) is 6.00. The van der Waals surface area contributed by atoms with Crippen molar-refractivity contribution in [2.24, 2.45) is 0 Å². The standard InChI is InChI=1S/C21H20N2O2/c1-23(2)18-11-12-20(24)19(14-18)21(25)22-17-10-6-9-16(13-17)15-7-4-3-5-8-15/h3-14,24H,1-2H3,(H,22,25). The molecule has 0 bridgehead atoms. The van der Waals surface area contributed by atoms with Crippen LogP contribution >= 0.6 is 0 Å². The van der Waals surface area contributed by atoms with Crippen molar-refractivity contribution in [1.82, 2.24) is 0 Å². The topological polar surface area (TPSA) is 52.6 Å². The van der Waals surface area contributed by atoms with Crippen LogP contribution < -0.4 is 10.2 Å². The third-order valence-electron chi connectivity index (χ3n) is 3.97. The lowest BCUT2D eigenvalue weighted by atomic mass is 10.1. The lowest BCUT2D eigenvalue weighted by Gasteiger charge is -2.15. The highest BCUT2D eigenvalue weighted by Gasteiger charge is 2.13. The van der Waals surface area contributed by atoms with Crippen molar-refractivity contribution < 1.29 is 9.90 Å². The van der Waals surface area contributed by atoms with Gasteiger partial charge in [0.1, 0.15) is 5.75 Å². The van der Waals surface area contributed by atoms with E-state index in [4.69, 9.17) is 0 Å². The predicted molar refractivity (Wildman–Crippen MR) is 102 cm³/mol. The molecule has 0 aliphatic carbocycles. The Kier molecular flexibility index (Phi) is 4.70. The second kappa shape index (κ2) is 7.09. The monoisotopic (exact) mass is 332 g/mol. The van der Waals surface area contributed by atoms with E-state index in [0.717, 1.165) is 16.8 Å². The molecule has 0 aromatic heterocycles. The molecule has 0 fully saturated rings. The zero-order chi connectivity index (χ0) is 17.8. The van der Waals surface area contributed by atoms with Gasteiger partial charge in [0.25, 0.3) is 5.91 Å². The van der Waals surface area contributed by atoms with Crippen LogP contribution in [0.25, 0.3) is 11.1 Å². The zero-order valence-electron chi connectivity index (χ0n) is 14.2. The molecule has 3 aromatic rings. The summed E-state index contributed by atoms with van der Waals surface area (Å²) >= 11 is 0. The minimum Gasteiger partial charge on any atom is -0.507 e. The Morgan fingerprint density at radius 3 is 2.32 bits per heavy atom. The molecule has 4 nitrogen and oxygen atoms in total. The number of hydrogen-bond donors (Lipinski definition) is 2. The van der Waals surface area contributed by atoms with Gasteiger partial charge in [-0.25, -0.2) is 0 Å². The average molecular weight is 332 g/mol. The Balaban J connectivity index is 1.86. The van der Waals surface area contributed by atoms with Gasteiger partial charge in [0.05, 0.1) is 5.56 Å². The summed E-state index contributed by atoms with van der Waals surface area (Å²) in [5, 5.41) is 12.9. The molecule has 0 unspecified atom stereocenters. The van der Waals surface area contributed by atoms with Gasteiger partial charge in [-0.2, -0.15) is 0 Å². The summed E-state index contributed by atoms with van der Waals surface area (Å²) in [6.07, 6.45) is 0. The number of phenolic OH excluding ortho intramolecular Hbond substituents is 1. The number of rotatable bonds is 4. The summed E-state index contributed by atoms with van der Waals surface area (Å²) in [5.74, 6) is -0.381. The molecule has 3 aromatic carbocycles. The first kappa shape index (κ1) is 16.6. The van der Waals surface area contributed by atoms with Crippen molar-refractivity contribution in [1.29, 1.82) is 0 Å². The van der Waals surface area contributed by atoms with Crippen LogP contribution in [0.1, 0.15) is 10.4 Å². The van der Waals surface area contributed by atoms with Crippen molar-refractivity contribution in [3.05, 3.63) is 78.4 Å². The molecule has 0 spiro atoms. The van der Waals surface area contributed by atoms with Crippen LogP contribution in [0.15, 0.2) is 72.8 Å². The number of aromatic hydroxyl groups is 1. The third-order valence-corrected chi connectivity index (χ3v) is 3.97. The maximum absolute atomic E-state index is 12.6. The van der Waals surface area contributed by atoms with Crippen LogP contribution in [0.2, 0.25) is 0 Å². The van der Waals surface area contributed by atoms with Crippen LogP contribution in [0.4, 0.5) is 11.4 Å². The first-order valence-corrected chi connectivity index (χ1v) is 8.02. The number of nitrogens with one attached hydrogen (secondary N) is 1. The molecule has 126 valence electrons. The number of amides is 1. The van der Waals surface area contributed by atoms with Crippen molar-refractivity contribution in [3.8, 4) is 16.9 Å². The van der Waals surface area contributed by atoms with Crippen LogP contribution in [-0.2, 0) is 0 Å². The molecule has 2 N–H and O–H groups in total. The number of carbonyl (C=O) groups is 1. The van der Waals surface area contributed by atoms with E-state index in [1.165, 1.54) is 6.07 Å². The Bertz CT molecular complexity index is 889. The highest BCUT2D eigenvalue weighted by molar-refractivity contribution is 6.07. The molecule has 0 aliphatic rings. The van der Waals surface area contributed by atoms with Crippen LogP contribution in [-0.4, -0.2) is 25.1 Å². The summed E-state index contributed by atoms with van der Waals surface area (Å²) in [4.78, 5) is 14.4. The van der Waals surface area contributed by atoms with E-state index < -0.39 is 0 Å². The molecular weight excluding hydrogens is 312 g/mol. The summed E-state index contributed by atoms with van der Waals surface area (Å²) in [7, 11) is 3.77. The summed E-state index contributed by atoms with van der Waals surface area (Å²) in [6, 6.07) is 22.6. The van der Waals surface area contributed by atoms with E-state index in [9.17, 15) is 9.90 Å². The van der Waals surface area contributed by atoms with E-state index >= 15 is 0 Å². The van der Waals surface area contributed by atoms with Gasteiger partial charge in [-0.3, -0.25) is 4.79 Å². The van der Waals surface area contributed by atoms with Crippen LogP contribution in [0, 0.1) is 0 Å². The Labute approximate surface area is 147 Å². The number of anilines is 2. The van der Waals surface area contributed by atoms with E-state index in [-0.39, 0.29) is 17.2 Å². The predicted octanol–water partition coefficient (Wildman–Crippen LogP) is 4.38. The van der Waals surface area contributed by atoms with E-state index in [2.05, 4.69) is 5.32 Å². The minimum atomic E-state index is -0.341. The largest absolute Gasteiger partial charge is 0.507 e. The Morgan fingerprint density at radius 2 is 1.60 bits per heavy atom. The second-order valence-corrected chi connectivity index (χ2v) is 6.00. The molecule has 1 amide bonds. The Morgan fingerprint density at radius 1 is 0.880 bits per heavy atom. The SMILES string of the molecule is CN(C)c1ccc(O)c(C(=O)Nc2cccc(-c3ccccc3)c2)c1. The molecule has 0 saturated heterocycles. The maximum atomic E-state index is 12.6. The molecule has 25 heavy (non-hydrogen) atoms. The van der Waals surface area contributed by atoms with Gasteiger partial charge in [0.15, 0.2) is 0 Å². The zero-order valence-corrected chi connectivity index (χ0v) is 14.2. The van der Waals surface area contributed by atoms with E-state index in [1.54, 1.807) is 12.1 Å². The van der Waals surface area contributed by atoms with Gasteiger partial charge in [-0.1, -0.05) is 42.5 Å². The third kappa shape index (κ3) is 3.80. The highest BCUT2D eigenvalue weighted by atomic mass is 16.3. The van der Waals surface area contributed by atoms with Gasteiger partial charge in [-0.15, -0.1) is 0 Å². The number of nitrogens with zero attached hydrogens (tertiary/aromatic N) is 1. The minimum absolute atomic E-state index is 0.0395. The molecule has 4 heteroatoms. The van der Waals surface area contributed by atoms with Gasteiger partial charge in [-0.05, 0) is 41.5 Å². The quantitative estimate of drug-likeness (QED) is 0.745. The maximum Gasteiger partial charge on any atom is 0.259 e. The van der Waals surface area contributed by atoms with Gasteiger partial charge in [0.2, 0.25) is 0 Å². The van der Waals surface area contributed by atoms with Crippen molar-refractivity contribution >= 4 is 17.3 Å². The number of hydrogen-bond acceptors (Lipinski definition) is 3. The van der Waals surface area contributed by atoms with Crippen LogP contribution in [0.3, 0.4) is 0 Å². The first-order valence-electron chi connectivity index (χ1n) is 8.02. The van der Waals surface area contributed by atoms with Crippen molar-refractivity contribution in [2.75, 3.05) is 24.3 Å². The average Bonchev–Trinajstić information content (AvgIpc) is 2.62. The molecule has 0 saturated carbocycles. The van der Waals surface area contributed by atoms with Crippen molar-refractivity contribution in [2.45, 2.75) is 0 Å². The molecule has 3 rings (SSSR count). The number of phenols is 1. The first-order chi connectivity index (χ1) is 12.0. The molecule has 0 heterocycles. The lowest BCUT2D eigenvalue weighted by Crippen LogP contribution is -2.14. The highest BCUT2D eigenvalue weighted by Crippen LogP contribution is 2.26. The molecule has 0 aliphatic heterocycles. The Hall–Kier alpha value is -3.27. The fourth-order valence-electron chi connectivity index (χ4n) is 2.59. The van der Waals surface area contributed by atoms with Crippen molar-refractivity contribution in [3.63, 3.8) is 0 Å². The van der Waals surface area contributed by atoms with Gasteiger partial charge >= 0.3 is 0 Å². The molecular formula is C21H20N2O2. The van der Waals surface area contributed by atoms with E-state index in [0.29, 0.717) is 5.69 Å². The smallest absolute Gasteiger partial charge is 0.259 e. The lowest BCUT2D eigenvalue weighted by molar-refractivity contribution is 0.102. The summed E-state index contributed by atoms with van der Waals surface area (Å²) < 4.78 is 0. The summed E-state index contributed by atoms with van der Waals surface area (Å²) in [6.45, 7) is 0. The fraction of sp³-hybridized carbons (Fsp3) is 0.0952. The van der Waals surface area contributed by atoms with Gasteiger partial charge in [0, 0.05) is 25.5 Å². The fourth-order valence-corrected chi connectivity index (χ4v) is 2.59. The van der Waals surface area contributed by atoms with Crippen LogP contribution in [0.5, 0.6) is 5.75 Å². The molecule has 0 radical (unpaired) electrons. The normalized spacial score (nSPS) is 10.3. The van der Waals surface area contributed by atoms with E-state index in [1.807, 2.05) is 73.6 Å². The number of benzene rings is 3. The number of carbonyl (C=O) groups excluding carboxylic acids is 1. The molecule has 0 atom stereocenters.